The van der Waals surface area contributed by atoms with E-state index in [1.165, 1.54) is 6.07 Å². The quantitative estimate of drug-likeness (QED) is 0.456. The van der Waals surface area contributed by atoms with Crippen molar-refractivity contribution >= 4 is 65.0 Å². The number of hydrogen-bond donors (Lipinski definition) is 0. The van der Waals surface area contributed by atoms with Crippen molar-refractivity contribution in [3.63, 3.8) is 0 Å². The molecule has 84 valence electrons. The Kier molecular flexibility index (Phi) is 4.90. The molecule has 0 heterocycles. The molecule has 0 nitrogen and oxygen atoms in total. The molecule has 1 aromatic carbocycles. The standard InChI is InChI=1S/C7H3ClF3.3BrH.Sn/c8-6-4-2-1-3-5(6)7(9,10)11;;;;/h2-4H;3*1H;/q;;;;+3/p-3. The molecule has 0 bridgehead atoms. The second-order valence-electron chi connectivity index (χ2n) is 2.69. The molecule has 0 amide bonds. The molecule has 1 aromatic rings. The van der Waals surface area contributed by atoms with E-state index in [1.807, 2.05) is 0 Å². The Bertz CT molecular complexity index is 375. The van der Waals surface area contributed by atoms with E-state index in [4.69, 9.17) is 11.6 Å². The van der Waals surface area contributed by atoms with Crippen LogP contribution in [0.3, 0.4) is 0 Å². The van der Waals surface area contributed by atoms with Crippen LogP contribution >= 0.6 is 49.7 Å². The Balaban J connectivity index is 3.30. The van der Waals surface area contributed by atoms with Gasteiger partial charge in [-0.3, -0.25) is 0 Å². The zero-order valence-electron chi connectivity index (χ0n) is 6.88. The van der Waals surface area contributed by atoms with Crippen molar-refractivity contribution in [1.29, 1.82) is 0 Å². The van der Waals surface area contributed by atoms with E-state index in [9.17, 15) is 13.2 Å². The normalized spacial score (nSPS) is 13.0. The van der Waals surface area contributed by atoms with Crippen LogP contribution in [0.2, 0.25) is 5.02 Å². The van der Waals surface area contributed by atoms with Gasteiger partial charge in [0.1, 0.15) is 0 Å². The fourth-order valence-corrected chi connectivity index (χ4v) is 7.76. The number of alkyl halides is 3. The summed E-state index contributed by atoms with van der Waals surface area (Å²) in [7, 11) is 0. The van der Waals surface area contributed by atoms with Crippen molar-refractivity contribution in [2.45, 2.75) is 6.18 Å². The van der Waals surface area contributed by atoms with Crippen LogP contribution in [-0.4, -0.2) is 11.7 Å². The maximum atomic E-state index is 12.5. The Morgan fingerprint density at radius 2 is 1.67 bits per heavy atom. The molecular weight excluding hydrogens is 535 g/mol. The molecule has 0 radical (unpaired) electrons. The second kappa shape index (κ2) is 5.04. The summed E-state index contributed by atoms with van der Waals surface area (Å²) in [5, 5.41) is -0.283. The topological polar surface area (TPSA) is 0 Å². The van der Waals surface area contributed by atoms with Crippen LogP contribution in [0.5, 0.6) is 0 Å². The van der Waals surface area contributed by atoms with E-state index in [2.05, 4.69) is 38.1 Å². The first-order valence-electron chi connectivity index (χ1n) is 3.56. The van der Waals surface area contributed by atoms with Crippen LogP contribution < -0.4 is 3.58 Å². The van der Waals surface area contributed by atoms with Crippen molar-refractivity contribution in [2.24, 2.45) is 0 Å². The van der Waals surface area contributed by atoms with E-state index >= 15 is 0 Å². The van der Waals surface area contributed by atoms with Gasteiger partial charge in [-0.2, -0.15) is 0 Å². The van der Waals surface area contributed by atoms with Gasteiger partial charge in [-0.25, -0.2) is 0 Å². The van der Waals surface area contributed by atoms with Crippen LogP contribution in [0.4, 0.5) is 13.2 Å². The summed E-state index contributed by atoms with van der Waals surface area (Å²) in [6.45, 7) is 0. The van der Waals surface area contributed by atoms with Crippen LogP contribution in [0.25, 0.3) is 0 Å². The van der Waals surface area contributed by atoms with E-state index in [1.54, 1.807) is 6.07 Å². The van der Waals surface area contributed by atoms with Crippen molar-refractivity contribution in [1.82, 2.24) is 0 Å². The molecule has 0 saturated carbocycles. The third-order valence-electron chi connectivity index (χ3n) is 1.60. The van der Waals surface area contributed by atoms with Gasteiger partial charge >= 0.3 is 113 Å². The van der Waals surface area contributed by atoms with Gasteiger partial charge in [0, 0.05) is 0 Å². The number of benzene rings is 1. The van der Waals surface area contributed by atoms with Crippen LogP contribution in [0.15, 0.2) is 18.2 Å². The molecule has 0 aliphatic rings. The second-order valence-corrected chi connectivity index (χ2v) is 52.9. The van der Waals surface area contributed by atoms with Crippen LogP contribution in [0.1, 0.15) is 5.56 Å². The minimum atomic E-state index is -4.42. The first kappa shape index (κ1) is 14.6. The molecule has 0 spiro atoms. The number of rotatable bonds is 1. The molecule has 1 rings (SSSR count). The van der Waals surface area contributed by atoms with Gasteiger partial charge in [-0.15, -0.1) is 0 Å². The maximum absolute atomic E-state index is 12.5. The Hall–Kier alpha value is 1.54. The Morgan fingerprint density at radius 1 is 1.13 bits per heavy atom. The molecule has 0 atom stereocenters. The van der Waals surface area contributed by atoms with E-state index in [0.717, 1.165) is 6.07 Å². The Morgan fingerprint density at radius 3 is 2.07 bits per heavy atom. The molecule has 0 aromatic heterocycles. The summed E-state index contributed by atoms with van der Waals surface area (Å²) in [6.07, 6.45) is -4.42. The Labute approximate surface area is 112 Å². The van der Waals surface area contributed by atoms with Crippen molar-refractivity contribution < 1.29 is 13.2 Å². The molecule has 8 heteroatoms. The van der Waals surface area contributed by atoms with Gasteiger partial charge in [0.2, 0.25) is 0 Å². The summed E-state index contributed by atoms with van der Waals surface area (Å²) < 4.78 is 38.1. The van der Waals surface area contributed by atoms with Gasteiger partial charge in [0.25, 0.3) is 0 Å². The van der Waals surface area contributed by atoms with Crippen molar-refractivity contribution in [3.05, 3.63) is 28.8 Å². The molecule has 0 N–H and O–H groups in total. The number of halogens is 7. The third kappa shape index (κ3) is 4.04. The van der Waals surface area contributed by atoms with Gasteiger partial charge in [-0.1, -0.05) is 0 Å². The fourth-order valence-electron chi connectivity index (χ4n) is 0.919. The van der Waals surface area contributed by atoms with Crippen molar-refractivity contribution in [3.8, 4) is 0 Å². The summed E-state index contributed by atoms with van der Waals surface area (Å²) in [6, 6.07) is 3.90. The van der Waals surface area contributed by atoms with Gasteiger partial charge in [0.05, 0.1) is 0 Å². The van der Waals surface area contributed by atoms with Gasteiger partial charge in [-0.05, 0) is 0 Å². The molecular formula is C7H3Br3ClF3Sn. The third-order valence-corrected chi connectivity index (χ3v) is 13.9. The van der Waals surface area contributed by atoms with E-state index < -0.39 is 23.5 Å². The minimum absolute atomic E-state index is 0.283. The molecule has 0 unspecified atom stereocenters. The first-order chi connectivity index (χ1) is 6.62. The average Bonchev–Trinajstić information content (AvgIpc) is 2.00. The predicted molar refractivity (Wildman–Crippen MR) is 68.6 cm³/mol. The zero-order valence-corrected chi connectivity index (χ0v) is 15.2. The van der Waals surface area contributed by atoms with Crippen LogP contribution in [-0.2, 0) is 6.18 Å². The molecule has 0 fully saturated rings. The molecule has 0 aliphatic carbocycles. The molecule has 15 heavy (non-hydrogen) atoms. The summed E-state index contributed by atoms with van der Waals surface area (Å²) >= 11 is 12.5. The predicted octanol–water partition coefficient (Wildman–Crippen LogP) is 4.69. The summed E-state index contributed by atoms with van der Waals surface area (Å²) in [5.74, 6) is 0. The first-order valence-corrected chi connectivity index (χ1v) is 24.6. The zero-order chi connectivity index (χ0) is 11.9. The fraction of sp³-hybridized carbons (Fsp3) is 0.143. The monoisotopic (exact) mass is 536 g/mol. The van der Waals surface area contributed by atoms with Gasteiger partial charge in [0.15, 0.2) is 0 Å². The van der Waals surface area contributed by atoms with Crippen LogP contribution in [0, 0.1) is 0 Å². The summed E-state index contributed by atoms with van der Waals surface area (Å²) in [4.78, 5) is 0. The number of hydrogen-bond acceptors (Lipinski definition) is 0. The van der Waals surface area contributed by atoms with E-state index in [0.29, 0.717) is 3.58 Å². The summed E-state index contributed by atoms with van der Waals surface area (Å²) in [5.41, 5.74) is -0.805. The van der Waals surface area contributed by atoms with Gasteiger partial charge < -0.3 is 0 Å². The SMILES string of the molecule is FC(F)(F)c1c[c]([Sn]([Br])([Br])[Br])ccc1Cl. The molecule has 0 saturated heterocycles. The van der Waals surface area contributed by atoms with E-state index in [-0.39, 0.29) is 5.02 Å². The van der Waals surface area contributed by atoms with Crippen molar-refractivity contribution in [2.75, 3.05) is 0 Å². The molecule has 0 aliphatic heterocycles. The average molecular weight is 538 g/mol.